The van der Waals surface area contributed by atoms with Crippen molar-refractivity contribution in [3.05, 3.63) is 46.8 Å². The van der Waals surface area contributed by atoms with Gasteiger partial charge in [-0.15, -0.1) is 11.3 Å². The molecule has 0 amide bonds. The van der Waals surface area contributed by atoms with Crippen LogP contribution in [0.15, 0.2) is 34.9 Å². The molecule has 0 bridgehead atoms. The number of thiazole rings is 1. The third-order valence-electron chi connectivity index (χ3n) is 4.22. The second-order valence-corrected chi connectivity index (χ2v) is 7.18. The Bertz CT molecular complexity index is 756. The average molecular weight is 328 g/mol. The molecule has 0 spiro atoms. The van der Waals surface area contributed by atoms with Gasteiger partial charge < -0.3 is 4.52 Å². The van der Waals surface area contributed by atoms with Crippen molar-refractivity contribution in [3.63, 3.8) is 0 Å². The molecule has 6 heteroatoms. The Morgan fingerprint density at radius 3 is 2.52 bits per heavy atom. The molecule has 23 heavy (non-hydrogen) atoms. The molecule has 1 aliphatic rings. The van der Waals surface area contributed by atoms with Gasteiger partial charge in [0.2, 0.25) is 0 Å². The molecular formula is C17H20N4OS. The largest absolute Gasteiger partial charge is 0.360 e. The zero-order valence-electron chi connectivity index (χ0n) is 13.2. The number of hydrogen-bond acceptors (Lipinski definition) is 6. The van der Waals surface area contributed by atoms with Crippen LogP contribution in [0.3, 0.4) is 0 Å². The zero-order valence-corrected chi connectivity index (χ0v) is 14.1. The highest BCUT2D eigenvalue weighted by Crippen LogP contribution is 2.23. The third kappa shape index (κ3) is 3.44. The minimum absolute atomic E-state index is 0.857. The lowest BCUT2D eigenvalue weighted by molar-refractivity contribution is 0.113. The van der Waals surface area contributed by atoms with Gasteiger partial charge in [0.1, 0.15) is 5.01 Å². The molecule has 2 aromatic heterocycles. The first-order chi connectivity index (χ1) is 11.3. The molecule has 1 saturated heterocycles. The SMILES string of the molecule is Cc1cc(CN2CCN(Cc3nc4ccccc4s3)CC2)on1. The molecule has 120 valence electrons. The summed E-state index contributed by atoms with van der Waals surface area (Å²) in [4.78, 5) is 9.65. The van der Waals surface area contributed by atoms with E-state index in [0.29, 0.717) is 0 Å². The lowest BCUT2D eigenvalue weighted by Gasteiger charge is -2.33. The normalized spacial score (nSPS) is 17.1. The summed E-state index contributed by atoms with van der Waals surface area (Å²) in [5.41, 5.74) is 2.07. The van der Waals surface area contributed by atoms with E-state index in [2.05, 4.69) is 39.2 Å². The molecule has 0 aliphatic carbocycles. The van der Waals surface area contributed by atoms with E-state index in [1.54, 1.807) is 0 Å². The van der Waals surface area contributed by atoms with Crippen LogP contribution >= 0.6 is 11.3 Å². The van der Waals surface area contributed by atoms with Crippen molar-refractivity contribution in [1.29, 1.82) is 0 Å². The Hall–Kier alpha value is -1.76. The van der Waals surface area contributed by atoms with Crippen LogP contribution < -0.4 is 0 Å². The molecule has 4 rings (SSSR count). The second kappa shape index (κ2) is 6.39. The molecular weight excluding hydrogens is 308 g/mol. The van der Waals surface area contributed by atoms with Crippen molar-refractivity contribution in [2.75, 3.05) is 26.2 Å². The van der Waals surface area contributed by atoms with Crippen LogP contribution in [0.1, 0.15) is 16.5 Å². The molecule has 0 atom stereocenters. The van der Waals surface area contributed by atoms with Crippen LogP contribution in [0.2, 0.25) is 0 Å². The molecule has 0 radical (unpaired) electrons. The quantitative estimate of drug-likeness (QED) is 0.737. The van der Waals surface area contributed by atoms with E-state index in [1.165, 1.54) is 9.71 Å². The predicted molar refractivity (Wildman–Crippen MR) is 91.4 cm³/mol. The minimum atomic E-state index is 0.857. The number of rotatable bonds is 4. The lowest BCUT2D eigenvalue weighted by atomic mass is 10.3. The fourth-order valence-electron chi connectivity index (χ4n) is 3.00. The Morgan fingerprint density at radius 1 is 1.09 bits per heavy atom. The number of aromatic nitrogens is 2. The van der Waals surface area contributed by atoms with E-state index in [1.807, 2.05) is 24.3 Å². The zero-order chi connectivity index (χ0) is 15.6. The molecule has 3 aromatic rings. The number of piperazine rings is 1. The fraction of sp³-hybridized carbons (Fsp3) is 0.412. The standard InChI is InChI=1S/C17H20N4OS/c1-13-10-14(22-19-13)11-20-6-8-21(9-7-20)12-17-18-15-4-2-3-5-16(15)23-17/h2-5,10H,6-9,11-12H2,1H3. The molecule has 1 fully saturated rings. The number of fused-ring (bicyclic) bond motifs is 1. The second-order valence-electron chi connectivity index (χ2n) is 6.06. The van der Waals surface area contributed by atoms with Crippen LogP contribution in [0, 0.1) is 6.92 Å². The monoisotopic (exact) mass is 328 g/mol. The van der Waals surface area contributed by atoms with Gasteiger partial charge in [-0.2, -0.15) is 0 Å². The number of nitrogens with zero attached hydrogens (tertiary/aromatic N) is 4. The number of benzene rings is 1. The Kier molecular flexibility index (Phi) is 4.11. The number of hydrogen-bond donors (Lipinski definition) is 0. The molecule has 1 aromatic carbocycles. The summed E-state index contributed by atoms with van der Waals surface area (Å²) in [7, 11) is 0. The predicted octanol–water partition coefficient (Wildman–Crippen LogP) is 2.91. The molecule has 0 saturated carbocycles. The molecule has 1 aliphatic heterocycles. The Balaban J connectivity index is 1.32. The highest BCUT2D eigenvalue weighted by atomic mass is 32.1. The van der Waals surface area contributed by atoms with Crippen molar-refractivity contribution in [2.45, 2.75) is 20.0 Å². The first kappa shape index (κ1) is 14.8. The van der Waals surface area contributed by atoms with Gasteiger partial charge in [0.25, 0.3) is 0 Å². The van der Waals surface area contributed by atoms with E-state index in [0.717, 1.165) is 56.2 Å². The summed E-state index contributed by atoms with van der Waals surface area (Å²) in [5.74, 6) is 0.960. The smallest absolute Gasteiger partial charge is 0.150 e. The number of aryl methyl sites for hydroxylation is 1. The van der Waals surface area contributed by atoms with Crippen molar-refractivity contribution in [2.24, 2.45) is 0 Å². The molecule has 3 heterocycles. The minimum Gasteiger partial charge on any atom is -0.360 e. The summed E-state index contributed by atoms with van der Waals surface area (Å²) in [6, 6.07) is 10.4. The van der Waals surface area contributed by atoms with Gasteiger partial charge in [-0.25, -0.2) is 4.98 Å². The molecule has 0 N–H and O–H groups in total. The summed E-state index contributed by atoms with van der Waals surface area (Å²) >= 11 is 1.81. The fourth-order valence-corrected chi connectivity index (χ4v) is 4.01. The topological polar surface area (TPSA) is 45.4 Å². The maximum Gasteiger partial charge on any atom is 0.150 e. The Labute approximate surface area is 139 Å². The van der Waals surface area contributed by atoms with Crippen molar-refractivity contribution in [3.8, 4) is 0 Å². The van der Waals surface area contributed by atoms with Crippen molar-refractivity contribution in [1.82, 2.24) is 19.9 Å². The van der Waals surface area contributed by atoms with Crippen LogP contribution in [-0.2, 0) is 13.1 Å². The van der Waals surface area contributed by atoms with Crippen LogP contribution in [0.4, 0.5) is 0 Å². The average Bonchev–Trinajstić information content (AvgIpc) is 3.14. The van der Waals surface area contributed by atoms with Crippen LogP contribution in [0.25, 0.3) is 10.2 Å². The summed E-state index contributed by atoms with van der Waals surface area (Å²) in [6.45, 7) is 8.04. The van der Waals surface area contributed by atoms with E-state index in [4.69, 9.17) is 9.51 Å². The van der Waals surface area contributed by atoms with Gasteiger partial charge in [-0.3, -0.25) is 9.80 Å². The van der Waals surface area contributed by atoms with Crippen molar-refractivity contribution >= 4 is 21.6 Å². The summed E-state index contributed by atoms with van der Waals surface area (Å²) in [5, 5.41) is 5.17. The van der Waals surface area contributed by atoms with Gasteiger partial charge in [-0.05, 0) is 19.1 Å². The highest BCUT2D eigenvalue weighted by molar-refractivity contribution is 7.18. The van der Waals surface area contributed by atoms with Crippen LogP contribution in [0.5, 0.6) is 0 Å². The highest BCUT2D eigenvalue weighted by Gasteiger charge is 2.19. The first-order valence-corrected chi connectivity index (χ1v) is 8.79. The maximum atomic E-state index is 5.31. The van der Waals surface area contributed by atoms with E-state index < -0.39 is 0 Å². The van der Waals surface area contributed by atoms with Gasteiger partial charge in [0.15, 0.2) is 5.76 Å². The van der Waals surface area contributed by atoms with Crippen LogP contribution in [-0.4, -0.2) is 46.1 Å². The Morgan fingerprint density at radius 2 is 1.83 bits per heavy atom. The molecule has 5 nitrogen and oxygen atoms in total. The van der Waals surface area contributed by atoms with Crippen molar-refractivity contribution < 1.29 is 4.52 Å². The third-order valence-corrected chi connectivity index (χ3v) is 5.24. The summed E-state index contributed by atoms with van der Waals surface area (Å²) < 4.78 is 6.59. The first-order valence-electron chi connectivity index (χ1n) is 7.97. The molecule has 0 unspecified atom stereocenters. The van der Waals surface area contributed by atoms with E-state index in [-0.39, 0.29) is 0 Å². The van der Waals surface area contributed by atoms with Gasteiger partial charge in [0, 0.05) is 32.2 Å². The summed E-state index contributed by atoms with van der Waals surface area (Å²) in [6.07, 6.45) is 0. The van der Waals surface area contributed by atoms with Gasteiger partial charge in [0.05, 0.1) is 29.0 Å². The van der Waals surface area contributed by atoms with E-state index in [9.17, 15) is 0 Å². The van der Waals surface area contributed by atoms with Gasteiger partial charge in [-0.1, -0.05) is 17.3 Å². The van der Waals surface area contributed by atoms with Gasteiger partial charge >= 0.3 is 0 Å². The lowest BCUT2D eigenvalue weighted by Crippen LogP contribution is -2.45. The number of para-hydroxylation sites is 1. The van der Waals surface area contributed by atoms with E-state index >= 15 is 0 Å². The maximum absolute atomic E-state index is 5.31.